The van der Waals surface area contributed by atoms with E-state index in [0.29, 0.717) is 17.7 Å². The van der Waals surface area contributed by atoms with E-state index in [1.54, 1.807) is 13.2 Å². The molecule has 0 radical (unpaired) electrons. The molecule has 3 atom stereocenters. The van der Waals surface area contributed by atoms with Crippen LogP contribution in [0.25, 0.3) is 0 Å². The summed E-state index contributed by atoms with van der Waals surface area (Å²) >= 11 is 0. The Morgan fingerprint density at radius 3 is 2.85 bits per heavy atom. The van der Waals surface area contributed by atoms with E-state index in [4.69, 9.17) is 9.47 Å². The number of hydrogen-bond donors (Lipinski definition) is 1. The van der Waals surface area contributed by atoms with Gasteiger partial charge in [-0.15, -0.1) is 0 Å². The van der Waals surface area contributed by atoms with Crippen LogP contribution in [0.4, 0.5) is 0 Å². The number of fused-ring (bicyclic) bond motifs is 1. The maximum Gasteiger partial charge on any atom is 0.122 e. The van der Waals surface area contributed by atoms with Crippen molar-refractivity contribution in [2.24, 2.45) is 11.8 Å². The third-order valence-corrected chi connectivity index (χ3v) is 7.50. The highest BCUT2D eigenvalue weighted by Gasteiger charge is 2.58. The highest BCUT2D eigenvalue weighted by atomic mass is 16.5. The lowest BCUT2D eigenvalue weighted by Gasteiger charge is -2.61. The minimum atomic E-state index is -0.0621. The number of phenols is 1. The van der Waals surface area contributed by atoms with Gasteiger partial charge in [0.25, 0.3) is 0 Å². The molecule has 0 aromatic heterocycles. The number of likely N-dealkylation sites (tertiary alicyclic amines) is 1. The number of benzene rings is 1. The molecule has 4 nitrogen and oxygen atoms in total. The minimum absolute atomic E-state index is 0.0276. The first-order valence-corrected chi connectivity index (χ1v) is 10.2. The molecule has 1 aromatic rings. The smallest absolute Gasteiger partial charge is 0.122 e. The molecule has 0 unspecified atom stereocenters. The van der Waals surface area contributed by atoms with Crippen molar-refractivity contribution in [2.45, 2.75) is 63.0 Å². The standard InChI is InChI=1S/C22H31NO3/c1-21(2)11-18-19-10-16-17(8-15(25-3)9-20(16)24)22(18,13-26-21)6-7-23(19)12-14-4-5-14/h8-9,14,18-19,24H,4-7,10-13H2,1-3H3/t18-,19+,22+/m0/s1. The van der Waals surface area contributed by atoms with Gasteiger partial charge in [0.15, 0.2) is 0 Å². The Hall–Kier alpha value is -1.26. The zero-order valence-electron chi connectivity index (χ0n) is 16.3. The van der Waals surface area contributed by atoms with Crippen molar-refractivity contribution in [2.75, 3.05) is 26.8 Å². The Labute approximate surface area is 156 Å². The van der Waals surface area contributed by atoms with Crippen molar-refractivity contribution < 1.29 is 14.6 Å². The average molecular weight is 357 g/mol. The highest BCUT2D eigenvalue weighted by Crippen LogP contribution is 2.57. The summed E-state index contributed by atoms with van der Waals surface area (Å²) in [7, 11) is 1.68. The van der Waals surface area contributed by atoms with Gasteiger partial charge in [-0.05, 0) is 81.5 Å². The minimum Gasteiger partial charge on any atom is -0.508 e. The van der Waals surface area contributed by atoms with Gasteiger partial charge in [0.1, 0.15) is 11.5 Å². The summed E-state index contributed by atoms with van der Waals surface area (Å²) in [5, 5.41) is 10.8. The number of methoxy groups -OCH3 is 1. The van der Waals surface area contributed by atoms with Crippen LogP contribution in [0.5, 0.6) is 11.5 Å². The second-order valence-corrected chi connectivity index (χ2v) is 9.65. The van der Waals surface area contributed by atoms with Crippen LogP contribution >= 0.6 is 0 Å². The number of nitrogens with zero attached hydrogens (tertiary/aromatic N) is 1. The van der Waals surface area contributed by atoms with E-state index in [-0.39, 0.29) is 11.0 Å². The van der Waals surface area contributed by atoms with Gasteiger partial charge < -0.3 is 14.6 Å². The fourth-order valence-electron chi connectivity index (χ4n) is 5.90. The van der Waals surface area contributed by atoms with Crippen LogP contribution < -0.4 is 4.74 Å². The SMILES string of the molecule is COc1cc(O)c2c(c1)[C@]13CCN(CC4CC4)[C@H](C2)[C@@H]1CC(C)(C)OC3. The number of hydrogen-bond acceptors (Lipinski definition) is 4. The zero-order valence-corrected chi connectivity index (χ0v) is 16.3. The summed E-state index contributed by atoms with van der Waals surface area (Å²) < 4.78 is 11.9. The van der Waals surface area contributed by atoms with Gasteiger partial charge >= 0.3 is 0 Å². The van der Waals surface area contributed by atoms with Crippen LogP contribution in [0.2, 0.25) is 0 Å². The molecule has 4 aliphatic rings. The van der Waals surface area contributed by atoms with Gasteiger partial charge in [0.05, 0.1) is 19.3 Å². The molecule has 142 valence electrons. The third-order valence-electron chi connectivity index (χ3n) is 7.50. The molecule has 1 saturated carbocycles. The molecule has 4 heteroatoms. The molecule has 5 rings (SSSR count). The normalized spacial score (nSPS) is 35.5. The lowest BCUT2D eigenvalue weighted by molar-refractivity contribution is -0.156. The van der Waals surface area contributed by atoms with Crippen molar-refractivity contribution in [3.05, 3.63) is 23.3 Å². The van der Waals surface area contributed by atoms with Gasteiger partial charge in [0.2, 0.25) is 0 Å². The van der Waals surface area contributed by atoms with Gasteiger partial charge in [0, 0.05) is 24.1 Å². The summed E-state index contributed by atoms with van der Waals surface area (Å²) in [4.78, 5) is 2.74. The van der Waals surface area contributed by atoms with Crippen molar-refractivity contribution in [1.82, 2.24) is 4.90 Å². The number of aromatic hydroxyl groups is 1. The Balaban J connectivity index is 1.61. The fraction of sp³-hybridized carbons (Fsp3) is 0.727. The van der Waals surface area contributed by atoms with Crippen LogP contribution in [-0.4, -0.2) is 48.5 Å². The predicted molar refractivity (Wildman–Crippen MR) is 101 cm³/mol. The van der Waals surface area contributed by atoms with E-state index >= 15 is 0 Å². The molecular formula is C22H31NO3. The average Bonchev–Trinajstić information content (AvgIpc) is 3.41. The Morgan fingerprint density at radius 1 is 1.31 bits per heavy atom. The molecule has 2 aliphatic heterocycles. The van der Waals surface area contributed by atoms with Gasteiger partial charge in [-0.1, -0.05) is 0 Å². The summed E-state index contributed by atoms with van der Waals surface area (Å²) in [6.07, 6.45) is 5.96. The van der Waals surface area contributed by atoms with Crippen molar-refractivity contribution in [1.29, 1.82) is 0 Å². The first-order valence-electron chi connectivity index (χ1n) is 10.2. The van der Waals surface area contributed by atoms with Crippen molar-refractivity contribution in [3.8, 4) is 11.5 Å². The molecular weight excluding hydrogens is 326 g/mol. The number of piperidine rings is 1. The highest BCUT2D eigenvalue weighted by molar-refractivity contribution is 5.53. The maximum absolute atomic E-state index is 10.8. The van der Waals surface area contributed by atoms with Gasteiger partial charge in [-0.3, -0.25) is 4.90 Å². The molecule has 3 fully saturated rings. The van der Waals surface area contributed by atoms with Crippen LogP contribution in [0.15, 0.2) is 12.1 Å². The lowest BCUT2D eigenvalue weighted by Crippen LogP contribution is -2.65. The summed E-state index contributed by atoms with van der Waals surface area (Å²) in [5.74, 6) is 2.66. The summed E-state index contributed by atoms with van der Waals surface area (Å²) in [6, 6.07) is 4.49. The molecule has 2 bridgehead atoms. The second kappa shape index (κ2) is 5.62. The van der Waals surface area contributed by atoms with Crippen LogP contribution in [0.1, 0.15) is 50.7 Å². The lowest BCUT2D eigenvalue weighted by atomic mass is 9.54. The molecule has 1 N–H and O–H groups in total. The predicted octanol–water partition coefficient (Wildman–Crippen LogP) is 3.49. The Kier molecular flexibility index (Phi) is 3.65. The molecule has 2 saturated heterocycles. The molecule has 2 heterocycles. The molecule has 1 aromatic carbocycles. The van der Waals surface area contributed by atoms with Crippen LogP contribution in [0.3, 0.4) is 0 Å². The van der Waals surface area contributed by atoms with Gasteiger partial charge in [-0.2, -0.15) is 0 Å². The third kappa shape index (κ3) is 2.49. The second-order valence-electron chi connectivity index (χ2n) is 9.65. The maximum atomic E-state index is 10.8. The topological polar surface area (TPSA) is 41.9 Å². The van der Waals surface area contributed by atoms with E-state index in [9.17, 15) is 5.11 Å². The molecule has 2 aliphatic carbocycles. The molecule has 26 heavy (non-hydrogen) atoms. The Bertz CT molecular complexity index is 726. The number of ether oxygens (including phenoxy) is 2. The van der Waals surface area contributed by atoms with E-state index in [2.05, 4.69) is 24.8 Å². The monoisotopic (exact) mass is 357 g/mol. The summed E-state index contributed by atoms with van der Waals surface area (Å²) in [5.41, 5.74) is 2.39. The van der Waals surface area contributed by atoms with E-state index in [1.165, 1.54) is 24.9 Å². The molecule has 0 amide bonds. The first-order chi connectivity index (χ1) is 12.4. The number of rotatable bonds is 3. The van der Waals surface area contributed by atoms with Crippen molar-refractivity contribution in [3.63, 3.8) is 0 Å². The van der Waals surface area contributed by atoms with E-state index in [1.807, 2.05) is 0 Å². The zero-order chi connectivity index (χ0) is 18.1. The quantitative estimate of drug-likeness (QED) is 0.899. The Morgan fingerprint density at radius 2 is 2.12 bits per heavy atom. The van der Waals surface area contributed by atoms with Crippen LogP contribution in [-0.2, 0) is 16.6 Å². The van der Waals surface area contributed by atoms with Crippen molar-refractivity contribution >= 4 is 0 Å². The van der Waals surface area contributed by atoms with E-state index < -0.39 is 0 Å². The van der Waals surface area contributed by atoms with Gasteiger partial charge in [-0.25, -0.2) is 0 Å². The fourth-order valence-corrected chi connectivity index (χ4v) is 5.90. The van der Waals surface area contributed by atoms with E-state index in [0.717, 1.165) is 49.6 Å². The first kappa shape index (κ1) is 16.9. The number of phenolic OH excluding ortho intramolecular Hbond substituents is 1. The van der Waals surface area contributed by atoms with Crippen LogP contribution in [0, 0.1) is 11.8 Å². The summed E-state index contributed by atoms with van der Waals surface area (Å²) in [6.45, 7) is 7.63. The molecule has 0 spiro atoms. The largest absolute Gasteiger partial charge is 0.508 e.